The maximum atomic E-state index is 12.5. The molecule has 1 aromatic rings. The highest BCUT2D eigenvalue weighted by Gasteiger charge is 2.37. The average molecular weight is 321 g/mol. The number of alkyl halides is 7. The fourth-order valence-corrected chi connectivity index (χ4v) is 1.71. The van der Waals surface area contributed by atoms with Gasteiger partial charge in [-0.05, 0) is 30.7 Å². The van der Waals surface area contributed by atoms with Crippen LogP contribution < -0.4 is 0 Å². The summed E-state index contributed by atoms with van der Waals surface area (Å²) >= 11 is 2.86. The van der Waals surface area contributed by atoms with Crippen molar-refractivity contribution >= 4 is 15.9 Å². The topological polar surface area (TPSA) is 0 Å². The first kappa shape index (κ1) is 14.3. The monoisotopic (exact) mass is 320 g/mol. The predicted octanol–water partition coefficient (Wildman–Crippen LogP) is 5.18. The predicted molar refractivity (Wildman–Crippen MR) is 53.8 cm³/mol. The van der Waals surface area contributed by atoms with E-state index in [1.54, 1.807) is 0 Å². The zero-order valence-corrected chi connectivity index (χ0v) is 10.0. The molecule has 1 rings (SSSR count). The van der Waals surface area contributed by atoms with Crippen LogP contribution >= 0.6 is 15.9 Å². The van der Waals surface area contributed by atoms with E-state index in [2.05, 4.69) is 15.9 Å². The number of benzene rings is 1. The minimum atomic E-state index is -4.67. The average Bonchev–Trinajstić information content (AvgIpc) is 2.14. The molecule has 0 amide bonds. The van der Waals surface area contributed by atoms with Gasteiger partial charge >= 0.3 is 12.4 Å². The van der Waals surface area contributed by atoms with Crippen LogP contribution in [0.15, 0.2) is 18.2 Å². The lowest BCUT2D eigenvalue weighted by atomic mass is 10.0. The van der Waals surface area contributed by atoms with Gasteiger partial charge in [0.1, 0.15) is 0 Å². The molecule has 0 fully saturated rings. The van der Waals surface area contributed by atoms with Crippen LogP contribution in [0.3, 0.4) is 0 Å². The van der Waals surface area contributed by atoms with E-state index >= 15 is 0 Å². The molecule has 0 saturated carbocycles. The molecule has 0 nitrogen and oxygen atoms in total. The molecular formula is C10H7BrF6. The van der Waals surface area contributed by atoms with Crippen molar-refractivity contribution in [2.24, 2.45) is 0 Å². The van der Waals surface area contributed by atoms with Crippen molar-refractivity contribution < 1.29 is 26.3 Å². The summed E-state index contributed by atoms with van der Waals surface area (Å²) in [5.41, 5.74) is -2.58. The van der Waals surface area contributed by atoms with E-state index in [-0.39, 0.29) is 0 Å². The van der Waals surface area contributed by atoms with Gasteiger partial charge in [0.15, 0.2) is 0 Å². The van der Waals surface area contributed by atoms with Crippen molar-refractivity contribution in [1.29, 1.82) is 0 Å². The minimum absolute atomic E-state index is 0.424. The maximum Gasteiger partial charge on any atom is 0.416 e. The van der Waals surface area contributed by atoms with Crippen LogP contribution in [0, 0.1) is 0 Å². The van der Waals surface area contributed by atoms with E-state index < -0.39 is 33.9 Å². The molecule has 17 heavy (non-hydrogen) atoms. The highest BCUT2D eigenvalue weighted by atomic mass is 79.9. The zero-order valence-electron chi connectivity index (χ0n) is 8.46. The molecule has 0 saturated heterocycles. The third-order valence-corrected chi connectivity index (χ3v) is 2.61. The van der Waals surface area contributed by atoms with E-state index in [1.807, 2.05) is 0 Å². The van der Waals surface area contributed by atoms with Gasteiger partial charge in [0.25, 0.3) is 0 Å². The summed E-state index contributed by atoms with van der Waals surface area (Å²) in [5, 5.41) is 0. The lowest BCUT2D eigenvalue weighted by Crippen LogP contribution is -2.12. The lowest BCUT2D eigenvalue weighted by molar-refractivity contribution is -0.141. The SMILES string of the molecule is CC(Br)c1cc(C(F)(F)F)ccc1C(F)(F)F. The summed E-state index contributed by atoms with van der Waals surface area (Å²) in [6.07, 6.45) is -9.32. The van der Waals surface area contributed by atoms with Gasteiger partial charge in [-0.1, -0.05) is 15.9 Å². The summed E-state index contributed by atoms with van der Waals surface area (Å²) in [5.74, 6) is 0. The number of hydrogen-bond donors (Lipinski definition) is 0. The molecule has 0 aliphatic heterocycles. The van der Waals surface area contributed by atoms with Crippen LogP contribution in [-0.2, 0) is 12.4 Å². The largest absolute Gasteiger partial charge is 0.416 e. The van der Waals surface area contributed by atoms with Gasteiger partial charge in [0, 0.05) is 4.83 Å². The van der Waals surface area contributed by atoms with Crippen molar-refractivity contribution in [3.8, 4) is 0 Å². The molecule has 1 unspecified atom stereocenters. The van der Waals surface area contributed by atoms with E-state index in [4.69, 9.17) is 0 Å². The van der Waals surface area contributed by atoms with Crippen LogP contribution in [0.1, 0.15) is 28.4 Å². The Bertz CT molecular complexity index is 404. The van der Waals surface area contributed by atoms with Gasteiger partial charge in [-0.25, -0.2) is 0 Å². The summed E-state index contributed by atoms with van der Waals surface area (Å²) in [6, 6.07) is 1.40. The van der Waals surface area contributed by atoms with Gasteiger partial charge in [-0.15, -0.1) is 0 Å². The Morgan fingerprint density at radius 3 is 1.88 bits per heavy atom. The fourth-order valence-electron chi connectivity index (χ4n) is 1.33. The first-order valence-electron chi connectivity index (χ1n) is 4.46. The molecule has 0 bridgehead atoms. The second-order valence-corrected chi connectivity index (χ2v) is 4.79. The molecule has 0 radical (unpaired) electrons. The van der Waals surface area contributed by atoms with Crippen LogP contribution in [0.5, 0.6) is 0 Å². The van der Waals surface area contributed by atoms with Gasteiger partial charge in [-0.2, -0.15) is 26.3 Å². The smallest absolute Gasteiger partial charge is 0.166 e. The van der Waals surface area contributed by atoms with Gasteiger partial charge in [0.05, 0.1) is 11.1 Å². The number of hydrogen-bond acceptors (Lipinski definition) is 0. The first-order valence-corrected chi connectivity index (χ1v) is 5.37. The standard InChI is InChI=1S/C10H7BrF6/c1-5(11)7-4-6(9(12,13)14)2-3-8(7)10(15,16)17/h2-5H,1H3. The van der Waals surface area contributed by atoms with Crippen molar-refractivity contribution in [3.63, 3.8) is 0 Å². The molecule has 0 aliphatic carbocycles. The van der Waals surface area contributed by atoms with Crippen molar-refractivity contribution in [1.82, 2.24) is 0 Å². The van der Waals surface area contributed by atoms with Crippen molar-refractivity contribution in [2.75, 3.05) is 0 Å². The molecule has 0 aromatic heterocycles. The summed E-state index contributed by atoms with van der Waals surface area (Å²) < 4.78 is 74.7. The van der Waals surface area contributed by atoms with Crippen LogP contribution in [0.4, 0.5) is 26.3 Å². The minimum Gasteiger partial charge on any atom is -0.166 e. The maximum absolute atomic E-state index is 12.5. The number of rotatable bonds is 1. The van der Waals surface area contributed by atoms with Gasteiger partial charge in [-0.3, -0.25) is 0 Å². The van der Waals surface area contributed by atoms with Crippen LogP contribution in [-0.4, -0.2) is 0 Å². The Morgan fingerprint density at radius 1 is 1.00 bits per heavy atom. The first-order chi connectivity index (χ1) is 7.53. The quantitative estimate of drug-likeness (QED) is 0.494. The Labute approximate surface area is 102 Å². The van der Waals surface area contributed by atoms with Gasteiger partial charge < -0.3 is 0 Å². The highest BCUT2D eigenvalue weighted by molar-refractivity contribution is 9.09. The third kappa shape index (κ3) is 3.37. The van der Waals surface area contributed by atoms with Crippen LogP contribution in [0.2, 0.25) is 0 Å². The Balaban J connectivity index is 3.38. The molecule has 7 heteroatoms. The Morgan fingerprint density at radius 2 is 1.53 bits per heavy atom. The molecule has 1 atom stereocenters. The highest BCUT2D eigenvalue weighted by Crippen LogP contribution is 2.40. The molecule has 0 aliphatic rings. The summed E-state index contributed by atoms with van der Waals surface area (Å²) in [4.78, 5) is -0.818. The van der Waals surface area contributed by atoms with Crippen LogP contribution in [0.25, 0.3) is 0 Å². The third-order valence-electron chi connectivity index (χ3n) is 2.11. The van der Waals surface area contributed by atoms with E-state index in [0.29, 0.717) is 18.2 Å². The fraction of sp³-hybridized carbons (Fsp3) is 0.400. The summed E-state index contributed by atoms with van der Waals surface area (Å²) in [6.45, 7) is 1.34. The molecule has 0 heterocycles. The van der Waals surface area contributed by atoms with E-state index in [0.717, 1.165) is 0 Å². The molecule has 96 valence electrons. The molecule has 0 N–H and O–H groups in total. The Kier molecular flexibility index (Phi) is 3.81. The second-order valence-electron chi connectivity index (χ2n) is 3.41. The molecular weight excluding hydrogens is 314 g/mol. The lowest BCUT2D eigenvalue weighted by Gasteiger charge is -2.17. The summed E-state index contributed by atoms with van der Waals surface area (Å²) in [7, 11) is 0. The number of halogens is 7. The molecule has 0 spiro atoms. The van der Waals surface area contributed by atoms with Crippen molar-refractivity contribution in [3.05, 3.63) is 34.9 Å². The molecule has 1 aromatic carbocycles. The van der Waals surface area contributed by atoms with E-state index in [1.165, 1.54) is 6.92 Å². The van der Waals surface area contributed by atoms with Gasteiger partial charge in [0.2, 0.25) is 0 Å². The van der Waals surface area contributed by atoms with E-state index in [9.17, 15) is 26.3 Å². The normalized spacial score (nSPS) is 14.8. The second kappa shape index (κ2) is 4.51. The Hall–Kier alpha value is -0.720. The zero-order chi connectivity index (χ0) is 13.4. The van der Waals surface area contributed by atoms with Crippen molar-refractivity contribution in [2.45, 2.75) is 24.1 Å².